The normalized spacial score (nSPS) is 13.1. The Kier molecular flexibility index (Phi) is 6.77. The number of hydrogen-bond donors (Lipinski definition) is 1. The second-order valence-corrected chi connectivity index (χ2v) is 17.8. The zero-order chi connectivity index (χ0) is 38.2. The summed E-state index contributed by atoms with van der Waals surface area (Å²) in [6, 6.07) is 44.2. The second kappa shape index (κ2) is 11.4. The first-order valence-corrected chi connectivity index (χ1v) is 19.7. The van der Waals surface area contributed by atoms with Gasteiger partial charge in [0.15, 0.2) is 7.28 Å². The number of rotatable bonds is 3. The van der Waals surface area contributed by atoms with Gasteiger partial charge in [0.1, 0.15) is 22.3 Å². The van der Waals surface area contributed by atoms with E-state index in [-0.39, 0.29) is 10.8 Å². The van der Waals surface area contributed by atoms with Crippen molar-refractivity contribution in [1.82, 2.24) is 4.57 Å². The minimum Gasteiger partial charge on any atom is -0.456 e. The molecule has 7 aromatic carbocycles. The number of fused-ring (bicyclic) bond motifs is 11. The first kappa shape index (κ1) is 33.2. The average molecular weight is 726 g/mol. The Morgan fingerprint density at radius 1 is 0.554 bits per heavy atom. The van der Waals surface area contributed by atoms with Crippen molar-refractivity contribution >= 4 is 95.3 Å². The van der Waals surface area contributed by atoms with Crippen LogP contribution in [0.4, 0.5) is 11.4 Å². The minimum atomic E-state index is -0.0337. The van der Waals surface area contributed by atoms with E-state index in [9.17, 15) is 0 Å². The number of para-hydroxylation sites is 2. The quantitative estimate of drug-likeness (QED) is 0.184. The molecule has 1 radical (unpaired) electrons. The second-order valence-electron chi connectivity index (χ2n) is 17.8. The molecule has 0 amide bonds. The predicted octanol–water partition coefficient (Wildman–Crippen LogP) is 12.9. The number of benzene rings is 7. The lowest BCUT2D eigenvalue weighted by atomic mass is 9.58. The Labute approximate surface area is 327 Å². The van der Waals surface area contributed by atoms with Crippen LogP contribution in [0.5, 0.6) is 0 Å². The maximum absolute atomic E-state index is 6.52. The highest BCUT2D eigenvalue weighted by atomic mass is 16.3. The van der Waals surface area contributed by atoms with Crippen LogP contribution in [-0.2, 0) is 10.8 Å². The molecular weight excluding hydrogens is 683 g/mol. The van der Waals surface area contributed by atoms with Crippen LogP contribution in [0.1, 0.15) is 58.2 Å². The van der Waals surface area contributed by atoms with Gasteiger partial charge in [-0.3, -0.25) is 0 Å². The summed E-state index contributed by atoms with van der Waals surface area (Å²) in [6.07, 6.45) is 0. The lowest BCUT2D eigenvalue weighted by Gasteiger charge is -2.26. The molecule has 0 saturated heterocycles. The van der Waals surface area contributed by atoms with Crippen molar-refractivity contribution < 1.29 is 8.83 Å². The molecule has 0 spiro atoms. The number of aromatic nitrogens is 1. The highest BCUT2D eigenvalue weighted by Crippen LogP contribution is 2.44. The third-order valence-electron chi connectivity index (χ3n) is 12.0. The number of anilines is 2. The van der Waals surface area contributed by atoms with Crippen LogP contribution in [0.2, 0.25) is 0 Å². The standard InChI is InChI=1S/C51H42BN2O2/c1-28-22-37(34-23-30(51(5,6)7)18-21-40(34)53-31-19-16-29(17-20-31)50(2,3)4)48-49-47(28)38-26-45-36(33-13-9-11-15-44(33)55-45)25-41(38)54(49)42-27-46-35(24-39(42)52-48)32-12-8-10-14-43(32)56-46/h8-27,53H,1-7H3. The van der Waals surface area contributed by atoms with Crippen LogP contribution in [0.25, 0.3) is 82.5 Å². The molecule has 10 aromatic rings. The van der Waals surface area contributed by atoms with Gasteiger partial charge in [0, 0.05) is 66.5 Å². The number of nitrogens with zero attached hydrogens (tertiary/aromatic N) is 1. The predicted molar refractivity (Wildman–Crippen MR) is 238 cm³/mol. The van der Waals surface area contributed by atoms with E-state index in [2.05, 4.69) is 175 Å². The molecule has 1 aliphatic heterocycles. The first-order chi connectivity index (χ1) is 26.9. The SMILES string of the molecule is Cc1cc(-c2cc(C(C)(C)C)ccc2Nc2ccc(C(C)(C)C)cc2)c2c3c1c1cc4oc5ccccc5c4cc1n3-c1cc3oc4ccccc4c3cc1[B]2. The maximum atomic E-state index is 6.52. The molecule has 0 saturated carbocycles. The van der Waals surface area contributed by atoms with E-state index in [0.717, 1.165) is 71.9 Å². The summed E-state index contributed by atoms with van der Waals surface area (Å²) in [6.45, 7) is 15.9. The Morgan fingerprint density at radius 3 is 1.86 bits per heavy atom. The first-order valence-electron chi connectivity index (χ1n) is 19.7. The molecule has 11 rings (SSSR count). The van der Waals surface area contributed by atoms with Crippen molar-refractivity contribution in [3.63, 3.8) is 0 Å². The smallest absolute Gasteiger partial charge is 0.197 e. The topological polar surface area (TPSA) is 43.2 Å². The summed E-state index contributed by atoms with van der Waals surface area (Å²) < 4.78 is 15.5. The zero-order valence-electron chi connectivity index (χ0n) is 32.9. The van der Waals surface area contributed by atoms with Gasteiger partial charge in [0.25, 0.3) is 0 Å². The fourth-order valence-corrected chi connectivity index (χ4v) is 9.07. The van der Waals surface area contributed by atoms with Crippen LogP contribution in [0.15, 0.2) is 130 Å². The molecule has 1 aliphatic rings. The van der Waals surface area contributed by atoms with Gasteiger partial charge >= 0.3 is 0 Å². The van der Waals surface area contributed by atoms with Crippen LogP contribution >= 0.6 is 0 Å². The molecule has 3 aromatic heterocycles. The molecule has 1 N–H and O–H groups in total. The minimum absolute atomic E-state index is 0.0337. The number of hydrogen-bond acceptors (Lipinski definition) is 3. The zero-order valence-corrected chi connectivity index (χ0v) is 32.9. The largest absolute Gasteiger partial charge is 0.456 e. The van der Waals surface area contributed by atoms with Crippen LogP contribution < -0.4 is 16.2 Å². The van der Waals surface area contributed by atoms with Gasteiger partial charge in [-0.25, -0.2) is 0 Å². The highest BCUT2D eigenvalue weighted by molar-refractivity contribution is 6.74. The molecule has 0 atom stereocenters. The monoisotopic (exact) mass is 725 g/mol. The van der Waals surface area contributed by atoms with Gasteiger partial charge in [-0.2, -0.15) is 0 Å². The van der Waals surface area contributed by atoms with E-state index < -0.39 is 0 Å². The average Bonchev–Trinajstić information content (AvgIpc) is 3.83. The molecule has 0 unspecified atom stereocenters. The van der Waals surface area contributed by atoms with E-state index in [1.165, 1.54) is 49.6 Å². The molecule has 0 bridgehead atoms. The summed E-state index contributed by atoms with van der Waals surface area (Å²) >= 11 is 0. The summed E-state index contributed by atoms with van der Waals surface area (Å²) in [5.41, 5.74) is 17.9. The van der Waals surface area contributed by atoms with Crippen LogP contribution in [-0.4, -0.2) is 11.8 Å². The maximum Gasteiger partial charge on any atom is 0.197 e. The van der Waals surface area contributed by atoms with E-state index in [0.29, 0.717) is 0 Å². The number of nitrogens with one attached hydrogen (secondary N) is 1. The lowest BCUT2D eigenvalue weighted by Crippen LogP contribution is -2.37. The summed E-state index contributed by atoms with van der Waals surface area (Å²) in [5.74, 6) is 0. The van der Waals surface area contributed by atoms with Gasteiger partial charge in [-0.1, -0.05) is 114 Å². The van der Waals surface area contributed by atoms with Crippen molar-refractivity contribution in [2.45, 2.75) is 59.3 Å². The van der Waals surface area contributed by atoms with Crippen molar-refractivity contribution in [3.05, 3.63) is 138 Å². The number of aryl methyl sites for hydroxylation is 1. The van der Waals surface area contributed by atoms with Gasteiger partial charge in [0.2, 0.25) is 0 Å². The van der Waals surface area contributed by atoms with Gasteiger partial charge in [0.05, 0.1) is 5.52 Å². The summed E-state index contributed by atoms with van der Waals surface area (Å²) in [4.78, 5) is 0. The van der Waals surface area contributed by atoms with Crippen LogP contribution in [0, 0.1) is 6.92 Å². The highest BCUT2D eigenvalue weighted by Gasteiger charge is 2.30. The fourth-order valence-electron chi connectivity index (χ4n) is 9.07. The molecule has 4 nitrogen and oxygen atoms in total. The molecule has 0 aliphatic carbocycles. The fraction of sp³-hybridized carbons (Fsp3) is 0.176. The van der Waals surface area contributed by atoms with Crippen molar-refractivity contribution in [3.8, 4) is 16.8 Å². The van der Waals surface area contributed by atoms with Crippen molar-refractivity contribution in [2.75, 3.05) is 5.32 Å². The third-order valence-corrected chi connectivity index (χ3v) is 12.0. The summed E-state index contributed by atoms with van der Waals surface area (Å²) in [5, 5.41) is 10.8. The molecule has 271 valence electrons. The Hall–Kier alpha value is -6.20. The lowest BCUT2D eigenvalue weighted by molar-refractivity contribution is 0.590. The van der Waals surface area contributed by atoms with E-state index in [1.807, 2.05) is 12.1 Å². The van der Waals surface area contributed by atoms with E-state index in [4.69, 9.17) is 8.83 Å². The van der Waals surface area contributed by atoms with Crippen molar-refractivity contribution in [2.24, 2.45) is 0 Å². The molecule has 56 heavy (non-hydrogen) atoms. The Bertz CT molecular complexity index is 3270. The van der Waals surface area contributed by atoms with Gasteiger partial charge in [-0.05, 0) is 94.0 Å². The van der Waals surface area contributed by atoms with Crippen LogP contribution in [0.3, 0.4) is 0 Å². The van der Waals surface area contributed by atoms with E-state index in [1.54, 1.807) is 0 Å². The molecule has 0 fully saturated rings. The van der Waals surface area contributed by atoms with Gasteiger partial charge < -0.3 is 18.7 Å². The Balaban J connectivity index is 1.22. The third kappa shape index (κ3) is 4.86. The van der Waals surface area contributed by atoms with Crippen molar-refractivity contribution in [1.29, 1.82) is 0 Å². The molecule has 5 heteroatoms. The Morgan fingerprint density at radius 2 is 1.18 bits per heavy atom. The van der Waals surface area contributed by atoms with Gasteiger partial charge in [-0.15, -0.1) is 0 Å². The summed E-state index contributed by atoms with van der Waals surface area (Å²) in [7, 11) is 2.41. The molecular formula is C51H42BN2O2. The molecule has 4 heterocycles. The number of furan rings is 2. The van der Waals surface area contributed by atoms with E-state index >= 15 is 0 Å².